The maximum atomic E-state index is 5.90. The third-order valence-electron chi connectivity index (χ3n) is 5.05. The minimum Gasteiger partial charge on any atom is -0.493 e. The van der Waals surface area contributed by atoms with Crippen molar-refractivity contribution in [2.75, 3.05) is 39.6 Å². The normalized spacial score (nSPS) is 21.5. The zero-order valence-electron chi connectivity index (χ0n) is 13.6. The van der Waals surface area contributed by atoms with Crippen LogP contribution in [0.1, 0.15) is 26.7 Å². The van der Waals surface area contributed by atoms with E-state index in [-0.39, 0.29) is 10.8 Å². The molecular weight excluding hydrogens is 280 g/mol. The molecule has 2 fully saturated rings. The maximum absolute atomic E-state index is 5.90. The number of benzene rings is 1. The van der Waals surface area contributed by atoms with Gasteiger partial charge in [0.15, 0.2) is 0 Å². The van der Waals surface area contributed by atoms with Crippen molar-refractivity contribution >= 4 is 0 Å². The molecular formula is C18H26O4. The van der Waals surface area contributed by atoms with Gasteiger partial charge in [-0.3, -0.25) is 0 Å². The number of hydrogen-bond acceptors (Lipinski definition) is 4. The standard InChI is InChI=1S/C18H26O4/c1-3-17(9-19-10-17)13-21-15-5-7-16(8-6-15)22-14-18(4-2)11-20-12-18/h5-8H,3-4,9-14H2,1-2H3. The Morgan fingerprint density at radius 3 is 1.36 bits per heavy atom. The molecule has 2 saturated heterocycles. The van der Waals surface area contributed by atoms with Crippen LogP contribution in [0.5, 0.6) is 11.5 Å². The lowest BCUT2D eigenvalue weighted by molar-refractivity contribution is -0.133. The molecule has 122 valence electrons. The average Bonchev–Trinajstić information content (AvgIpc) is 2.47. The summed E-state index contributed by atoms with van der Waals surface area (Å²) >= 11 is 0. The Morgan fingerprint density at radius 2 is 1.14 bits per heavy atom. The van der Waals surface area contributed by atoms with Crippen LogP contribution < -0.4 is 9.47 Å². The van der Waals surface area contributed by atoms with Crippen LogP contribution in [0, 0.1) is 10.8 Å². The lowest BCUT2D eigenvalue weighted by atomic mass is 9.84. The Kier molecular flexibility index (Phi) is 4.59. The molecule has 1 aromatic carbocycles. The third kappa shape index (κ3) is 3.23. The van der Waals surface area contributed by atoms with Gasteiger partial charge in [-0.05, 0) is 37.1 Å². The Morgan fingerprint density at radius 1 is 0.773 bits per heavy atom. The second kappa shape index (κ2) is 6.47. The largest absolute Gasteiger partial charge is 0.493 e. The summed E-state index contributed by atoms with van der Waals surface area (Å²) in [4.78, 5) is 0. The van der Waals surface area contributed by atoms with E-state index < -0.39 is 0 Å². The van der Waals surface area contributed by atoms with Crippen molar-refractivity contribution in [2.45, 2.75) is 26.7 Å². The number of ether oxygens (including phenoxy) is 4. The molecule has 0 spiro atoms. The predicted molar refractivity (Wildman–Crippen MR) is 84.5 cm³/mol. The second-order valence-electron chi connectivity index (χ2n) is 6.74. The van der Waals surface area contributed by atoms with Crippen molar-refractivity contribution in [3.63, 3.8) is 0 Å². The minimum atomic E-state index is 0.215. The first-order chi connectivity index (χ1) is 10.7. The molecule has 0 saturated carbocycles. The molecule has 0 amide bonds. The van der Waals surface area contributed by atoms with Gasteiger partial charge in [-0.15, -0.1) is 0 Å². The van der Waals surface area contributed by atoms with E-state index in [0.29, 0.717) is 0 Å². The Balaban J connectivity index is 1.47. The van der Waals surface area contributed by atoms with E-state index in [9.17, 15) is 0 Å². The molecule has 1 aromatic rings. The third-order valence-corrected chi connectivity index (χ3v) is 5.05. The van der Waals surface area contributed by atoms with Gasteiger partial charge in [-0.1, -0.05) is 13.8 Å². The summed E-state index contributed by atoms with van der Waals surface area (Å²) in [7, 11) is 0. The molecule has 0 bridgehead atoms. The summed E-state index contributed by atoms with van der Waals surface area (Å²) in [5, 5.41) is 0. The minimum absolute atomic E-state index is 0.215. The summed E-state index contributed by atoms with van der Waals surface area (Å²) < 4.78 is 22.4. The summed E-state index contributed by atoms with van der Waals surface area (Å²) in [6, 6.07) is 7.92. The van der Waals surface area contributed by atoms with Crippen molar-refractivity contribution in [3.05, 3.63) is 24.3 Å². The molecule has 22 heavy (non-hydrogen) atoms. The van der Waals surface area contributed by atoms with Crippen molar-refractivity contribution in [2.24, 2.45) is 10.8 Å². The fraction of sp³-hybridized carbons (Fsp3) is 0.667. The van der Waals surface area contributed by atoms with E-state index in [1.165, 1.54) is 0 Å². The van der Waals surface area contributed by atoms with E-state index >= 15 is 0 Å². The maximum Gasteiger partial charge on any atom is 0.119 e. The van der Waals surface area contributed by atoms with E-state index in [4.69, 9.17) is 18.9 Å². The van der Waals surface area contributed by atoms with Gasteiger partial charge in [0.1, 0.15) is 11.5 Å². The van der Waals surface area contributed by atoms with Gasteiger partial charge in [0, 0.05) is 0 Å². The molecule has 0 radical (unpaired) electrons. The Labute approximate surface area is 132 Å². The molecule has 0 aliphatic carbocycles. The topological polar surface area (TPSA) is 36.9 Å². The van der Waals surface area contributed by atoms with Crippen molar-refractivity contribution in [1.82, 2.24) is 0 Å². The van der Waals surface area contributed by atoms with Crippen LogP contribution in [0.3, 0.4) is 0 Å². The molecule has 2 aliphatic heterocycles. The van der Waals surface area contributed by atoms with Gasteiger partial charge in [0.2, 0.25) is 0 Å². The van der Waals surface area contributed by atoms with Gasteiger partial charge >= 0.3 is 0 Å². The molecule has 0 N–H and O–H groups in total. The highest BCUT2D eigenvalue weighted by molar-refractivity contribution is 5.31. The van der Waals surface area contributed by atoms with E-state index in [1.807, 2.05) is 24.3 Å². The molecule has 4 nitrogen and oxygen atoms in total. The number of hydrogen-bond donors (Lipinski definition) is 0. The number of rotatable bonds is 8. The Bertz CT molecular complexity index is 418. The fourth-order valence-electron chi connectivity index (χ4n) is 2.67. The van der Waals surface area contributed by atoms with Gasteiger partial charge in [0.25, 0.3) is 0 Å². The van der Waals surface area contributed by atoms with Crippen molar-refractivity contribution in [1.29, 1.82) is 0 Å². The molecule has 2 aliphatic rings. The highest BCUT2D eigenvalue weighted by Crippen LogP contribution is 2.33. The molecule has 0 unspecified atom stereocenters. The van der Waals surface area contributed by atoms with Crippen LogP contribution in [0.2, 0.25) is 0 Å². The highest BCUT2D eigenvalue weighted by Gasteiger charge is 2.38. The molecule has 0 aromatic heterocycles. The molecule has 3 rings (SSSR count). The zero-order valence-corrected chi connectivity index (χ0v) is 13.6. The van der Waals surface area contributed by atoms with Crippen LogP contribution in [0.4, 0.5) is 0 Å². The van der Waals surface area contributed by atoms with Crippen LogP contribution in [-0.4, -0.2) is 39.6 Å². The van der Waals surface area contributed by atoms with Crippen LogP contribution >= 0.6 is 0 Å². The smallest absolute Gasteiger partial charge is 0.119 e. The first-order valence-electron chi connectivity index (χ1n) is 8.20. The van der Waals surface area contributed by atoms with Gasteiger partial charge in [0.05, 0.1) is 50.5 Å². The lowest BCUT2D eigenvalue weighted by Gasteiger charge is -2.40. The SMILES string of the molecule is CCC1(COc2ccc(OCC3(CC)COC3)cc2)COC1. The first kappa shape index (κ1) is 15.6. The Hall–Kier alpha value is -1.26. The van der Waals surface area contributed by atoms with Gasteiger partial charge in [-0.25, -0.2) is 0 Å². The fourth-order valence-corrected chi connectivity index (χ4v) is 2.67. The zero-order chi connectivity index (χ0) is 15.5. The monoisotopic (exact) mass is 306 g/mol. The van der Waals surface area contributed by atoms with Crippen LogP contribution in [-0.2, 0) is 9.47 Å². The highest BCUT2D eigenvalue weighted by atomic mass is 16.5. The quantitative estimate of drug-likeness (QED) is 0.738. The van der Waals surface area contributed by atoms with Crippen molar-refractivity contribution in [3.8, 4) is 11.5 Å². The van der Waals surface area contributed by atoms with Gasteiger partial charge < -0.3 is 18.9 Å². The lowest BCUT2D eigenvalue weighted by Crippen LogP contribution is -2.46. The summed E-state index contributed by atoms with van der Waals surface area (Å²) in [6.45, 7) is 9.07. The summed E-state index contributed by atoms with van der Waals surface area (Å²) in [5.74, 6) is 1.79. The molecule has 0 atom stereocenters. The van der Waals surface area contributed by atoms with Crippen molar-refractivity contribution < 1.29 is 18.9 Å². The first-order valence-corrected chi connectivity index (χ1v) is 8.20. The van der Waals surface area contributed by atoms with Crippen LogP contribution in [0.25, 0.3) is 0 Å². The summed E-state index contributed by atoms with van der Waals surface area (Å²) in [5.41, 5.74) is 0.430. The predicted octanol–water partition coefficient (Wildman–Crippen LogP) is 3.30. The van der Waals surface area contributed by atoms with E-state index in [0.717, 1.165) is 64.0 Å². The van der Waals surface area contributed by atoms with Gasteiger partial charge in [-0.2, -0.15) is 0 Å². The molecule has 2 heterocycles. The average molecular weight is 306 g/mol. The molecule has 4 heteroatoms. The summed E-state index contributed by atoms with van der Waals surface area (Å²) in [6.07, 6.45) is 2.19. The van der Waals surface area contributed by atoms with E-state index in [1.54, 1.807) is 0 Å². The second-order valence-corrected chi connectivity index (χ2v) is 6.74. The van der Waals surface area contributed by atoms with Crippen LogP contribution in [0.15, 0.2) is 24.3 Å². The van der Waals surface area contributed by atoms with E-state index in [2.05, 4.69) is 13.8 Å².